The zero-order valence-electron chi connectivity index (χ0n) is 9.53. The monoisotopic (exact) mass is 246 g/mol. The zero-order chi connectivity index (χ0) is 13.1. The van der Waals surface area contributed by atoms with E-state index in [0.29, 0.717) is 23.0 Å². The van der Waals surface area contributed by atoms with Crippen molar-refractivity contribution >= 4 is 11.5 Å². The summed E-state index contributed by atoms with van der Waals surface area (Å²) >= 11 is 0. The lowest BCUT2D eigenvalue weighted by molar-refractivity contribution is -0.385. The van der Waals surface area contributed by atoms with Crippen molar-refractivity contribution in [2.75, 3.05) is 5.73 Å². The van der Waals surface area contributed by atoms with Crippen molar-refractivity contribution < 1.29 is 9.66 Å². The van der Waals surface area contributed by atoms with Crippen LogP contribution in [0, 0.1) is 17.0 Å². The molecule has 0 aliphatic carbocycles. The smallest absolute Gasteiger partial charge is 0.288 e. The van der Waals surface area contributed by atoms with E-state index in [1.807, 2.05) is 0 Å². The minimum Gasteiger partial charge on any atom is -0.439 e. The van der Waals surface area contributed by atoms with E-state index in [4.69, 9.17) is 10.5 Å². The first-order valence-electron chi connectivity index (χ1n) is 5.06. The lowest BCUT2D eigenvalue weighted by atomic mass is 10.3. The number of hydrogen-bond donors (Lipinski definition) is 1. The van der Waals surface area contributed by atoms with E-state index in [0.717, 1.165) is 6.20 Å². The Morgan fingerprint density at radius 3 is 2.78 bits per heavy atom. The molecule has 7 nitrogen and oxygen atoms in total. The van der Waals surface area contributed by atoms with Crippen LogP contribution in [0.3, 0.4) is 0 Å². The predicted molar refractivity (Wildman–Crippen MR) is 64.4 cm³/mol. The number of rotatable bonds is 3. The van der Waals surface area contributed by atoms with Crippen molar-refractivity contribution in [3.63, 3.8) is 0 Å². The topological polar surface area (TPSA) is 104 Å². The second-order valence-corrected chi connectivity index (χ2v) is 3.59. The van der Waals surface area contributed by atoms with Gasteiger partial charge in [-0.15, -0.1) is 0 Å². The molecule has 0 spiro atoms. The predicted octanol–water partition coefficient (Wildman–Crippen LogP) is 2.07. The summed E-state index contributed by atoms with van der Waals surface area (Å²) in [4.78, 5) is 17.8. The fourth-order valence-corrected chi connectivity index (χ4v) is 1.36. The van der Waals surface area contributed by atoms with Crippen molar-refractivity contribution in [2.24, 2.45) is 0 Å². The number of nitro groups is 1. The van der Waals surface area contributed by atoms with E-state index >= 15 is 0 Å². The van der Waals surface area contributed by atoms with Crippen LogP contribution in [0.25, 0.3) is 0 Å². The van der Waals surface area contributed by atoms with Gasteiger partial charge in [0.25, 0.3) is 5.69 Å². The second kappa shape index (κ2) is 4.66. The average Bonchev–Trinajstić information content (AvgIpc) is 2.31. The van der Waals surface area contributed by atoms with Crippen molar-refractivity contribution in [2.45, 2.75) is 6.92 Å². The Morgan fingerprint density at radius 2 is 2.17 bits per heavy atom. The Morgan fingerprint density at radius 1 is 1.39 bits per heavy atom. The third-order valence-electron chi connectivity index (χ3n) is 2.19. The molecule has 0 unspecified atom stereocenters. The lowest BCUT2D eigenvalue weighted by Crippen LogP contribution is -1.96. The van der Waals surface area contributed by atoms with Crippen LogP contribution >= 0.6 is 0 Å². The zero-order valence-corrected chi connectivity index (χ0v) is 9.53. The highest BCUT2D eigenvalue weighted by Crippen LogP contribution is 2.25. The molecule has 2 N–H and O–H groups in total. The third-order valence-corrected chi connectivity index (χ3v) is 2.19. The van der Waals surface area contributed by atoms with Gasteiger partial charge < -0.3 is 10.5 Å². The highest BCUT2D eigenvalue weighted by atomic mass is 16.6. The van der Waals surface area contributed by atoms with Crippen LogP contribution in [0.15, 0.2) is 30.6 Å². The van der Waals surface area contributed by atoms with Gasteiger partial charge in [0.05, 0.1) is 4.92 Å². The molecule has 0 bridgehead atoms. The first-order valence-corrected chi connectivity index (χ1v) is 5.06. The Kier molecular flexibility index (Phi) is 3.05. The van der Waals surface area contributed by atoms with E-state index in [2.05, 4.69) is 9.97 Å². The first kappa shape index (κ1) is 11.8. The number of hydrogen-bond acceptors (Lipinski definition) is 6. The number of ether oxygens (including phenoxy) is 1. The maximum absolute atomic E-state index is 10.6. The summed E-state index contributed by atoms with van der Waals surface area (Å²) in [5.41, 5.74) is 6.01. The van der Waals surface area contributed by atoms with Gasteiger partial charge in [-0.2, -0.15) is 0 Å². The van der Waals surface area contributed by atoms with Crippen LogP contribution in [0.2, 0.25) is 0 Å². The van der Waals surface area contributed by atoms with Crippen molar-refractivity contribution in [1.82, 2.24) is 9.97 Å². The molecular weight excluding hydrogens is 236 g/mol. The van der Waals surface area contributed by atoms with Crippen molar-refractivity contribution in [1.29, 1.82) is 0 Å². The van der Waals surface area contributed by atoms with Crippen molar-refractivity contribution in [3.8, 4) is 11.6 Å². The molecule has 2 aromatic rings. The summed E-state index contributed by atoms with van der Waals surface area (Å²) in [5, 5.41) is 10.6. The summed E-state index contributed by atoms with van der Waals surface area (Å²) < 4.78 is 5.47. The SMILES string of the molecule is Cc1cc([N+](=O)[O-])cnc1Oc1ccnc(N)c1. The number of nitrogens with zero attached hydrogens (tertiary/aromatic N) is 3. The maximum atomic E-state index is 10.6. The quantitative estimate of drug-likeness (QED) is 0.656. The number of nitrogen functional groups attached to an aromatic ring is 1. The van der Waals surface area contributed by atoms with Crippen LogP contribution in [0.1, 0.15) is 5.56 Å². The van der Waals surface area contributed by atoms with Gasteiger partial charge in [-0.1, -0.05) is 0 Å². The van der Waals surface area contributed by atoms with Crippen LogP contribution in [0.4, 0.5) is 11.5 Å². The molecule has 7 heteroatoms. The lowest BCUT2D eigenvalue weighted by Gasteiger charge is -2.07. The molecule has 0 aliphatic heterocycles. The molecule has 2 rings (SSSR count). The highest BCUT2D eigenvalue weighted by Gasteiger charge is 2.11. The molecule has 0 saturated heterocycles. The number of aryl methyl sites for hydroxylation is 1. The molecule has 0 aliphatic rings. The number of nitrogens with two attached hydrogens (primary N) is 1. The molecule has 92 valence electrons. The summed E-state index contributed by atoms with van der Waals surface area (Å²) in [5.74, 6) is 1.10. The Bertz CT molecular complexity index is 601. The minimum atomic E-state index is -0.506. The van der Waals surface area contributed by atoms with Crippen molar-refractivity contribution in [3.05, 3.63) is 46.3 Å². The van der Waals surface area contributed by atoms with Gasteiger partial charge in [0.1, 0.15) is 17.8 Å². The normalized spacial score (nSPS) is 10.1. The molecular formula is C11H10N4O3. The molecule has 2 aromatic heterocycles. The van der Waals surface area contributed by atoms with Crippen LogP contribution in [-0.2, 0) is 0 Å². The summed E-state index contributed by atoms with van der Waals surface area (Å²) in [6.07, 6.45) is 2.65. The van der Waals surface area contributed by atoms with Crippen LogP contribution < -0.4 is 10.5 Å². The van der Waals surface area contributed by atoms with E-state index in [1.165, 1.54) is 12.3 Å². The third kappa shape index (κ3) is 2.51. The van der Waals surface area contributed by atoms with Crippen LogP contribution in [-0.4, -0.2) is 14.9 Å². The van der Waals surface area contributed by atoms with Crippen LogP contribution in [0.5, 0.6) is 11.6 Å². The Hall–Kier alpha value is -2.70. The van der Waals surface area contributed by atoms with Gasteiger partial charge in [-0.3, -0.25) is 10.1 Å². The van der Waals surface area contributed by atoms with Gasteiger partial charge in [0, 0.05) is 23.9 Å². The standard InChI is InChI=1S/C11H10N4O3/c1-7-4-8(15(16)17)6-14-11(7)18-9-2-3-13-10(12)5-9/h2-6H,1H3,(H2,12,13). The fraction of sp³-hybridized carbons (Fsp3) is 0.0909. The molecule has 0 radical (unpaired) electrons. The number of anilines is 1. The van der Waals surface area contributed by atoms with Gasteiger partial charge in [-0.25, -0.2) is 9.97 Å². The van der Waals surface area contributed by atoms with Gasteiger partial charge >= 0.3 is 0 Å². The van der Waals surface area contributed by atoms with E-state index in [1.54, 1.807) is 19.1 Å². The Balaban J connectivity index is 2.27. The molecule has 0 amide bonds. The van der Waals surface area contributed by atoms with Gasteiger partial charge in [0.2, 0.25) is 5.88 Å². The summed E-state index contributed by atoms with van der Waals surface area (Å²) in [7, 11) is 0. The maximum Gasteiger partial charge on any atom is 0.288 e. The highest BCUT2D eigenvalue weighted by molar-refractivity contribution is 5.41. The molecule has 0 saturated carbocycles. The second-order valence-electron chi connectivity index (χ2n) is 3.59. The van der Waals surface area contributed by atoms with E-state index < -0.39 is 4.92 Å². The van der Waals surface area contributed by atoms with Gasteiger partial charge in [-0.05, 0) is 13.0 Å². The summed E-state index contributed by atoms with van der Waals surface area (Å²) in [6.45, 7) is 1.68. The summed E-state index contributed by atoms with van der Waals surface area (Å²) in [6, 6.07) is 4.56. The first-order chi connectivity index (χ1) is 8.56. The molecule has 0 aromatic carbocycles. The van der Waals surface area contributed by atoms with E-state index in [-0.39, 0.29) is 5.69 Å². The molecule has 18 heavy (non-hydrogen) atoms. The van der Waals surface area contributed by atoms with Gasteiger partial charge in [0.15, 0.2) is 0 Å². The average molecular weight is 246 g/mol. The molecule has 0 atom stereocenters. The fourth-order valence-electron chi connectivity index (χ4n) is 1.36. The number of pyridine rings is 2. The van der Waals surface area contributed by atoms with E-state index in [9.17, 15) is 10.1 Å². The minimum absolute atomic E-state index is 0.0749. The largest absolute Gasteiger partial charge is 0.439 e. The molecule has 0 fully saturated rings. The Labute approximate surface area is 102 Å². The number of aromatic nitrogens is 2. The molecule has 2 heterocycles.